The number of rotatable bonds is 33. The van der Waals surface area contributed by atoms with Crippen molar-refractivity contribution in [3.05, 3.63) is 46.6 Å². The Balaban J connectivity index is 2.28. The van der Waals surface area contributed by atoms with E-state index in [2.05, 4.69) is 45.9 Å². The van der Waals surface area contributed by atoms with E-state index in [0.717, 1.165) is 63.4 Å². The van der Waals surface area contributed by atoms with Gasteiger partial charge in [0, 0.05) is 0 Å². The highest BCUT2D eigenvalue weighted by molar-refractivity contribution is 5.06. The monoisotopic (exact) mass is 883 g/mol. The van der Waals surface area contributed by atoms with Gasteiger partial charge in [-0.3, -0.25) is 0 Å². The van der Waals surface area contributed by atoms with E-state index >= 15 is 0 Å². The van der Waals surface area contributed by atoms with Crippen molar-refractivity contribution in [3.63, 3.8) is 0 Å². The van der Waals surface area contributed by atoms with Crippen molar-refractivity contribution in [2.75, 3.05) is 13.2 Å². The summed E-state index contributed by atoms with van der Waals surface area (Å²) in [5, 5.41) is 94.1. The molecule has 364 valence electrons. The van der Waals surface area contributed by atoms with Gasteiger partial charge in [0.1, 0.15) is 24.4 Å². The summed E-state index contributed by atoms with van der Waals surface area (Å²) >= 11 is 0. The van der Waals surface area contributed by atoms with Crippen LogP contribution in [0.1, 0.15) is 204 Å². The van der Waals surface area contributed by atoms with Crippen LogP contribution < -0.4 is 0 Å². The molecular formula is C51H94O11. The third-order valence-electron chi connectivity index (χ3n) is 12.8. The van der Waals surface area contributed by atoms with Gasteiger partial charge in [-0.15, -0.1) is 0 Å². The Labute approximate surface area is 377 Å². The van der Waals surface area contributed by atoms with E-state index in [1.54, 1.807) is 0 Å². The van der Waals surface area contributed by atoms with Gasteiger partial charge >= 0.3 is 0 Å². The van der Waals surface area contributed by atoms with Crippen LogP contribution in [0, 0.1) is 0 Å². The molecule has 0 amide bonds. The Morgan fingerprint density at radius 3 is 1.24 bits per heavy atom. The lowest BCUT2D eigenvalue weighted by molar-refractivity contribution is -0.298. The second-order valence-electron chi connectivity index (χ2n) is 20.8. The summed E-state index contributed by atoms with van der Waals surface area (Å²) in [6.07, 6.45) is 17.7. The summed E-state index contributed by atoms with van der Waals surface area (Å²) < 4.78 is 10.9. The zero-order valence-electron chi connectivity index (χ0n) is 40.8. The Kier molecular flexibility index (Phi) is 26.9. The molecule has 0 aromatic carbocycles. The van der Waals surface area contributed by atoms with Gasteiger partial charge in [0.05, 0.1) is 41.2 Å². The first kappa shape index (κ1) is 58.5. The minimum Gasteiger partial charge on any atom is -0.394 e. The standard InChI is InChI=1S/C51H94O11/c1-38(2)19-13-26-47(6,56)28-15-30-49(8,58)32-17-34-51(10,60)35-18-33-50(9,59)31-16-29-48(7,57)27-14-24-40(4)22-11-20-39(3)21-12-23-41(5)25-36-61-46-45(55)44(54)43(53)42(37-52)62-46/h19,21-22,25,42-46,52-60H,11-18,20,23-24,26-37H2,1-10H3. The molecule has 62 heavy (non-hydrogen) atoms. The molecule has 9 N–H and O–H groups in total. The molecule has 1 aliphatic rings. The highest BCUT2D eigenvalue weighted by atomic mass is 16.7. The average molecular weight is 883 g/mol. The zero-order valence-corrected chi connectivity index (χ0v) is 40.8. The smallest absolute Gasteiger partial charge is 0.187 e. The molecule has 11 heteroatoms. The topological polar surface area (TPSA) is 201 Å². The normalized spacial score (nSPS) is 25.3. The second-order valence-corrected chi connectivity index (χ2v) is 20.8. The molecule has 10 atom stereocenters. The van der Waals surface area contributed by atoms with Crippen molar-refractivity contribution in [3.8, 4) is 0 Å². The third kappa shape index (κ3) is 27.1. The summed E-state index contributed by atoms with van der Waals surface area (Å²) in [6, 6.07) is 0. The van der Waals surface area contributed by atoms with Crippen molar-refractivity contribution in [1.29, 1.82) is 0 Å². The van der Waals surface area contributed by atoms with Crippen LogP contribution in [0.3, 0.4) is 0 Å². The number of allylic oxidation sites excluding steroid dienone is 7. The molecule has 0 bridgehead atoms. The van der Waals surface area contributed by atoms with Crippen molar-refractivity contribution < 1.29 is 55.4 Å². The summed E-state index contributed by atoms with van der Waals surface area (Å²) in [5.74, 6) is 0. The Hall–Kier alpha value is -1.48. The molecule has 1 aliphatic heterocycles. The molecule has 1 fully saturated rings. The SMILES string of the molecule is CC(C)=CCCC(C)(O)CCCC(C)(O)CCCC(C)(O)CCCC(C)(O)CCCC(C)(O)CCCC(C)=CCCC(C)=CCCC(C)=CCOC1OC(CO)C(O)C(O)C1O. The predicted molar refractivity (Wildman–Crippen MR) is 250 cm³/mol. The maximum Gasteiger partial charge on any atom is 0.187 e. The molecule has 11 nitrogen and oxygen atoms in total. The molecule has 1 heterocycles. The maximum absolute atomic E-state index is 11.1. The molecule has 1 rings (SSSR count). The van der Waals surface area contributed by atoms with Crippen molar-refractivity contribution in [2.24, 2.45) is 0 Å². The van der Waals surface area contributed by atoms with E-state index in [9.17, 15) is 46.0 Å². The lowest BCUT2D eigenvalue weighted by Gasteiger charge is -2.39. The summed E-state index contributed by atoms with van der Waals surface area (Å²) in [6.45, 7) is 19.4. The van der Waals surface area contributed by atoms with Crippen LogP contribution in [0.15, 0.2) is 46.6 Å². The molecule has 0 spiro atoms. The summed E-state index contributed by atoms with van der Waals surface area (Å²) in [4.78, 5) is 0. The van der Waals surface area contributed by atoms with Crippen LogP contribution in [0.4, 0.5) is 0 Å². The molecule has 0 saturated carbocycles. The van der Waals surface area contributed by atoms with Gasteiger partial charge in [-0.05, 0) is 204 Å². The lowest BCUT2D eigenvalue weighted by atomic mass is 9.84. The van der Waals surface area contributed by atoms with Gasteiger partial charge in [-0.2, -0.15) is 0 Å². The number of hydrogen-bond acceptors (Lipinski definition) is 11. The predicted octanol–water partition coefficient (Wildman–Crippen LogP) is 8.56. The van der Waals surface area contributed by atoms with E-state index in [1.165, 1.54) is 16.7 Å². The fourth-order valence-corrected chi connectivity index (χ4v) is 8.33. The number of hydrogen-bond donors (Lipinski definition) is 9. The van der Waals surface area contributed by atoms with E-state index in [0.29, 0.717) is 77.0 Å². The Morgan fingerprint density at radius 2 is 0.839 bits per heavy atom. The zero-order chi connectivity index (χ0) is 47.2. The van der Waals surface area contributed by atoms with E-state index in [1.807, 2.05) is 47.6 Å². The third-order valence-corrected chi connectivity index (χ3v) is 12.8. The van der Waals surface area contributed by atoms with Crippen LogP contribution >= 0.6 is 0 Å². The quantitative estimate of drug-likeness (QED) is 0.0286. The van der Waals surface area contributed by atoms with Crippen LogP contribution in [0.25, 0.3) is 0 Å². The molecular weight excluding hydrogens is 789 g/mol. The molecule has 0 aliphatic carbocycles. The van der Waals surface area contributed by atoms with E-state index in [-0.39, 0.29) is 6.61 Å². The first-order valence-electron chi connectivity index (χ1n) is 23.8. The minimum absolute atomic E-state index is 0.173. The van der Waals surface area contributed by atoms with Gasteiger partial charge < -0.3 is 55.4 Å². The number of aliphatic hydroxyl groups is 9. The van der Waals surface area contributed by atoms with Crippen LogP contribution in [-0.4, -0.2) is 118 Å². The van der Waals surface area contributed by atoms with E-state index < -0.39 is 65.3 Å². The summed E-state index contributed by atoms with van der Waals surface area (Å²) in [5.41, 5.74) is 0.929. The van der Waals surface area contributed by atoms with Crippen molar-refractivity contribution in [2.45, 2.75) is 263 Å². The first-order chi connectivity index (χ1) is 28.7. The summed E-state index contributed by atoms with van der Waals surface area (Å²) in [7, 11) is 0. The highest BCUT2D eigenvalue weighted by Crippen LogP contribution is 2.31. The van der Waals surface area contributed by atoms with Gasteiger partial charge in [0.2, 0.25) is 0 Å². The fourth-order valence-electron chi connectivity index (χ4n) is 8.33. The molecule has 10 unspecified atom stereocenters. The number of ether oxygens (including phenoxy) is 2. The minimum atomic E-state index is -1.45. The van der Waals surface area contributed by atoms with Gasteiger partial charge in [-0.25, -0.2) is 0 Å². The largest absolute Gasteiger partial charge is 0.394 e. The Bertz CT molecular complexity index is 1350. The average Bonchev–Trinajstić information content (AvgIpc) is 3.13. The van der Waals surface area contributed by atoms with Crippen LogP contribution in [-0.2, 0) is 9.47 Å². The number of aliphatic hydroxyl groups excluding tert-OH is 4. The van der Waals surface area contributed by atoms with Crippen LogP contribution in [0.5, 0.6) is 0 Å². The van der Waals surface area contributed by atoms with Crippen molar-refractivity contribution in [1.82, 2.24) is 0 Å². The highest BCUT2D eigenvalue weighted by Gasteiger charge is 2.44. The van der Waals surface area contributed by atoms with Gasteiger partial charge in [0.25, 0.3) is 0 Å². The molecule has 0 aromatic rings. The Morgan fingerprint density at radius 1 is 0.468 bits per heavy atom. The lowest BCUT2D eigenvalue weighted by Crippen LogP contribution is -2.59. The van der Waals surface area contributed by atoms with Crippen LogP contribution in [0.2, 0.25) is 0 Å². The first-order valence-corrected chi connectivity index (χ1v) is 23.8. The van der Waals surface area contributed by atoms with E-state index in [4.69, 9.17) is 9.47 Å². The molecule has 0 aromatic heterocycles. The molecule has 1 saturated heterocycles. The fraction of sp³-hybridized carbons (Fsp3) is 0.843. The van der Waals surface area contributed by atoms with Gasteiger partial charge in [0.15, 0.2) is 6.29 Å². The van der Waals surface area contributed by atoms with Crippen molar-refractivity contribution >= 4 is 0 Å². The molecule has 0 radical (unpaired) electrons. The van der Waals surface area contributed by atoms with Gasteiger partial charge in [-0.1, -0.05) is 46.6 Å². The maximum atomic E-state index is 11.1. The second kappa shape index (κ2) is 28.5.